The predicted octanol–water partition coefficient (Wildman–Crippen LogP) is 2.82. The Morgan fingerprint density at radius 2 is 1.94 bits per heavy atom. The van der Waals surface area contributed by atoms with Gasteiger partial charge in [-0.05, 0) is 42.2 Å². The van der Waals surface area contributed by atoms with Crippen molar-refractivity contribution in [3.8, 4) is 11.1 Å². The van der Waals surface area contributed by atoms with Crippen LogP contribution in [0.4, 0.5) is 4.39 Å². The van der Waals surface area contributed by atoms with Crippen LogP contribution in [0.1, 0.15) is 36.8 Å². The second-order valence-corrected chi connectivity index (χ2v) is 9.47. The van der Waals surface area contributed by atoms with Gasteiger partial charge in [0.2, 0.25) is 0 Å². The lowest BCUT2D eigenvalue weighted by molar-refractivity contribution is -0.157. The van der Waals surface area contributed by atoms with Gasteiger partial charge in [-0.3, -0.25) is 4.79 Å². The summed E-state index contributed by atoms with van der Waals surface area (Å²) in [6.45, 7) is 1.41. The molecule has 3 fully saturated rings. The zero-order valence-corrected chi connectivity index (χ0v) is 17.5. The zero-order valence-electron chi connectivity index (χ0n) is 17.5. The topological polar surface area (TPSA) is 29.5 Å². The van der Waals surface area contributed by atoms with Crippen molar-refractivity contribution in [2.45, 2.75) is 49.4 Å². The van der Waals surface area contributed by atoms with Gasteiger partial charge in [0.25, 0.3) is 5.91 Å². The summed E-state index contributed by atoms with van der Waals surface area (Å²) >= 11 is 0. The SMILES string of the molecule is [B]C([B])([B])c1cccc(-c2cccc(C[C@H]3CC4(CC4)CN3C(=O)[C@H]3CCO3)c2F)c1. The average molecular weight is 409 g/mol. The van der Waals surface area contributed by atoms with Gasteiger partial charge in [0, 0.05) is 24.6 Å². The van der Waals surface area contributed by atoms with Gasteiger partial charge in [-0.15, -0.1) is 5.11 Å². The first kappa shape index (κ1) is 20.9. The van der Waals surface area contributed by atoms with Crippen molar-refractivity contribution in [2.24, 2.45) is 5.41 Å². The molecular formula is C24H23B3FNO2. The van der Waals surface area contributed by atoms with Crippen LogP contribution in [0, 0.1) is 11.2 Å². The van der Waals surface area contributed by atoms with Crippen LogP contribution in [0.5, 0.6) is 0 Å². The first-order valence-corrected chi connectivity index (χ1v) is 10.9. The Morgan fingerprint density at radius 1 is 1.19 bits per heavy atom. The van der Waals surface area contributed by atoms with E-state index >= 15 is 4.39 Å². The van der Waals surface area contributed by atoms with Crippen molar-refractivity contribution in [1.29, 1.82) is 0 Å². The Morgan fingerprint density at radius 3 is 2.58 bits per heavy atom. The summed E-state index contributed by atoms with van der Waals surface area (Å²) in [7, 11) is 17.4. The summed E-state index contributed by atoms with van der Waals surface area (Å²) in [6, 6.07) is 12.4. The molecule has 152 valence electrons. The molecule has 0 N–H and O–H groups in total. The lowest BCUT2D eigenvalue weighted by atomic mass is 9.40. The monoisotopic (exact) mass is 409 g/mol. The fourth-order valence-corrected chi connectivity index (χ4v) is 4.93. The second-order valence-electron chi connectivity index (χ2n) is 9.47. The molecule has 2 atom stereocenters. The lowest BCUT2D eigenvalue weighted by Crippen LogP contribution is -2.48. The maximum absolute atomic E-state index is 15.6. The third-order valence-corrected chi connectivity index (χ3v) is 7.04. The number of carbonyl (C=O) groups excluding carboxylic acids is 1. The molecule has 6 radical (unpaired) electrons. The van der Waals surface area contributed by atoms with Crippen molar-refractivity contribution in [2.75, 3.05) is 13.2 Å². The van der Waals surface area contributed by atoms with Crippen molar-refractivity contribution >= 4 is 29.4 Å². The van der Waals surface area contributed by atoms with Crippen LogP contribution in [0.2, 0.25) is 0 Å². The van der Waals surface area contributed by atoms with Gasteiger partial charge in [-0.1, -0.05) is 48.0 Å². The molecule has 2 aliphatic heterocycles. The second kappa shape index (κ2) is 7.55. The van der Waals surface area contributed by atoms with Gasteiger partial charge in [0.1, 0.15) is 11.9 Å². The van der Waals surface area contributed by atoms with E-state index in [-0.39, 0.29) is 29.3 Å². The van der Waals surface area contributed by atoms with E-state index in [0.717, 1.165) is 32.2 Å². The van der Waals surface area contributed by atoms with Crippen LogP contribution in [0.15, 0.2) is 42.5 Å². The number of hydrogen-bond donors (Lipinski definition) is 0. The number of halogens is 1. The largest absolute Gasteiger partial charge is 0.368 e. The molecule has 1 saturated carbocycles. The highest BCUT2D eigenvalue weighted by Gasteiger charge is 2.54. The first-order valence-electron chi connectivity index (χ1n) is 10.9. The summed E-state index contributed by atoms with van der Waals surface area (Å²) < 4.78 is 21.0. The molecular weight excluding hydrogens is 386 g/mol. The van der Waals surface area contributed by atoms with Gasteiger partial charge in [-0.2, -0.15) is 0 Å². The maximum atomic E-state index is 15.6. The maximum Gasteiger partial charge on any atom is 0.252 e. The molecule has 0 unspecified atom stereocenters. The number of rotatable bonds is 5. The fraction of sp³-hybridized carbons (Fsp3) is 0.458. The summed E-state index contributed by atoms with van der Waals surface area (Å²) in [5.74, 6) is -0.213. The van der Waals surface area contributed by atoms with Crippen LogP contribution in [0.3, 0.4) is 0 Å². The molecule has 5 rings (SSSR count). The normalized spacial score (nSPS) is 24.2. The lowest BCUT2D eigenvalue weighted by Gasteiger charge is -2.33. The van der Waals surface area contributed by atoms with E-state index in [2.05, 4.69) is 0 Å². The van der Waals surface area contributed by atoms with Crippen molar-refractivity contribution in [3.63, 3.8) is 0 Å². The minimum absolute atomic E-state index is 0.0000551. The average Bonchev–Trinajstić information content (AvgIpc) is 3.34. The van der Waals surface area contributed by atoms with E-state index in [1.54, 1.807) is 24.3 Å². The van der Waals surface area contributed by atoms with Gasteiger partial charge in [0.05, 0.1) is 30.1 Å². The first-order chi connectivity index (χ1) is 14.8. The number of benzene rings is 2. The van der Waals surface area contributed by atoms with Crippen LogP contribution in [0.25, 0.3) is 11.1 Å². The minimum atomic E-state index is -1.49. The van der Waals surface area contributed by atoms with Crippen LogP contribution in [-0.4, -0.2) is 59.6 Å². The van der Waals surface area contributed by atoms with E-state index in [4.69, 9.17) is 28.3 Å². The zero-order chi connectivity index (χ0) is 21.8. The number of ether oxygens (including phenoxy) is 1. The molecule has 0 aromatic heterocycles. The van der Waals surface area contributed by atoms with Gasteiger partial charge in [0.15, 0.2) is 0 Å². The number of likely N-dealkylation sites (tertiary alicyclic amines) is 1. The standard InChI is InChI=1S/C24H23B3FNO2/c25-24(26,27)17-5-1-3-15(11-17)19-6-2-4-16(21(19)28)12-18-13-23(8-9-23)14-29(18)22(30)20-7-10-31-20/h1-6,11,18,20H,7-10,12-14H2/t18-,20+/m0/s1. The summed E-state index contributed by atoms with van der Waals surface area (Å²) in [5.41, 5.74) is 2.52. The van der Waals surface area contributed by atoms with Gasteiger partial charge >= 0.3 is 0 Å². The fourth-order valence-electron chi connectivity index (χ4n) is 4.93. The van der Waals surface area contributed by atoms with Crippen molar-refractivity contribution in [1.82, 2.24) is 4.90 Å². The van der Waals surface area contributed by atoms with Crippen LogP contribution >= 0.6 is 0 Å². The van der Waals surface area contributed by atoms with Crippen LogP contribution in [-0.2, 0) is 21.1 Å². The van der Waals surface area contributed by atoms with Gasteiger partial charge < -0.3 is 9.64 Å². The third kappa shape index (κ3) is 3.97. The Hall–Kier alpha value is -2.01. The molecule has 7 heteroatoms. The Labute approximate surface area is 187 Å². The molecule has 1 aliphatic carbocycles. The third-order valence-electron chi connectivity index (χ3n) is 7.04. The minimum Gasteiger partial charge on any atom is -0.368 e. The molecule has 2 heterocycles. The molecule has 1 amide bonds. The van der Waals surface area contributed by atoms with E-state index in [1.165, 1.54) is 0 Å². The predicted molar refractivity (Wildman–Crippen MR) is 121 cm³/mol. The number of hydrogen-bond acceptors (Lipinski definition) is 2. The highest BCUT2D eigenvalue weighted by atomic mass is 19.1. The van der Waals surface area contributed by atoms with Gasteiger partial charge in [-0.25, -0.2) is 4.39 Å². The Bertz CT molecular complexity index is 1010. The molecule has 1 spiro atoms. The van der Waals surface area contributed by atoms with Crippen molar-refractivity contribution in [3.05, 3.63) is 59.4 Å². The Kier molecular flexibility index (Phi) is 5.08. The summed E-state index contributed by atoms with van der Waals surface area (Å²) in [5, 5.41) is -1.49. The van der Waals surface area contributed by atoms with E-state index in [0.29, 0.717) is 35.3 Å². The molecule has 3 aliphatic rings. The molecule has 2 aromatic carbocycles. The molecule has 3 nitrogen and oxygen atoms in total. The quantitative estimate of drug-likeness (QED) is 0.712. The molecule has 2 saturated heterocycles. The van der Waals surface area contributed by atoms with E-state index in [9.17, 15) is 4.79 Å². The van der Waals surface area contributed by atoms with E-state index < -0.39 is 5.11 Å². The van der Waals surface area contributed by atoms with Crippen molar-refractivity contribution < 1.29 is 13.9 Å². The number of carbonyl (C=O) groups is 1. The number of amides is 1. The molecule has 0 bridgehead atoms. The Balaban J connectivity index is 1.42. The number of nitrogens with zero attached hydrogens (tertiary/aromatic N) is 1. The summed E-state index contributed by atoms with van der Waals surface area (Å²) in [4.78, 5) is 14.9. The smallest absolute Gasteiger partial charge is 0.252 e. The van der Waals surface area contributed by atoms with Crippen LogP contribution < -0.4 is 0 Å². The highest BCUT2D eigenvalue weighted by molar-refractivity contribution is 6.58. The summed E-state index contributed by atoms with van der Waals surface area (Å²) in [6.07, 6.45) is 4.18. The highest BCUT2D eigenvalue weighted by Crippen LogP contribution is 2.55. The molecule has 31 heavy (non-hydrogen) atoms. The molecule has 2 aromatic rings. The van der Waals surface area contributed by atoms with E-state index in [1.807, 2.05) is 23.1 Å².